The third-order valence-corrected chi connectivity index (χ3v) is 4.30. The lowest BCUT2D eigenvalue weighted by molar-refractivity contribution is 0.291. The lowest BCUT2D eigenvalue weighted by Gasteiger charge is -2.14. The molecule has 0 saturated carbocycles. The Morgan fingerprint density at radius 1 is 1.28 bits per heavy atom. The molecule has 0 amide bonds. The van der Waals surface area contributed by atoms with Crippen molar-refractivity contribution in [3.63, 3.8) is 0 Å². The van der Waals surface area contributed by atoms with Gasteiger partial charge in [0.15, 0.2) is 11.5 Å². The van der Waals surface area contributed by atoms with E-state index in [4.69, 9.17) is 19.1 Å². The summed E-state index contributed by atoms with van der Waals surface area (Å²) in [4.78, 5) is 4.81. The van der Waals surface area contributed by atoms with Crippen LogP contribution in [0.25, 0.3) is 11.3 Å². The second-order valence-electron chi connectivity index (χ2n) is 6.39. The number of benzene rings is 1. The Kier molecular flexibility index (Phi) is 5.61. The van der Waals surface area contributed by atoms with Gasteiger partial charge in [0.1, 0.15) is 0 Å². The van der Waals surface area contributed by atoms with Gasteiger partial charge in [0.05, 0.1) is 19.4 Å². The van der Waals surface area contributed by atoms with Crippen LogP contribution in [0, 0.1) is 6.92 Å². The zero-order chi connectivity index (χ0) is 17.8. The van der Waals surface area contributed by atoms with E-state index in [2.05, 4.69) is 26.0 Å². The molecule has 0 spiro atoms. The van der Waals surface area contributed by atoms with Gasteiger partial charge in [-0.3, -0.25) is 4.98 Å². The van der Waals surface area contributed by atoms with Crippen LogP contribution in [0.2, 0.25) is 6.32 Å². The van der Waals surface area contributed by atoms with E-state index < -0.39 is 7.12 Å². The van der Waals surface area contributed by atoms with Crippen LogP contribution in [-0.4, -0.2) is 37.4 Å². The van der Waals surface area contributed by atoms with Crippen molar-refractivity contribution in [3.8, 4) is 22.8 Å². The second-order valence-corrected chi connectivity index (χ2v) is 6.39. The van der Waals surface area contributed by atoms with Crippen molar-refractivity contribution in [1.29, 1.82) is 0 Å². The normalized spacial score (nSPS) is 17.0. The molecule has 132 valence electrons. The van der Waals surface area contributed by atoms with Crippen LogP contribution in [0.4, 0.5) is 0 Å². The molecule has 5 nitrogen and oxygen atoms in total. The van der Waals surface area contributed by atoms with Gasteiger partial charge < -0.3 is 19.2 Å². The van der Waals surface area contributed by atoms with Crippen LogP contribution in [0.3, 0.4) is 0 Å². The molecule has 1 aliphatic rings. The maximum atomic E-state index is 9.61. The molecule has 1 saturated heterocycles. The molecule has 1 atom stereocenters. The number of hydrogen-bond acceptors (Lipinski definition) is 5. The fourth-order valence-corrected chi connectivity index (χ4v) is 3.02. The summed E-state index contributed by atoms with van der Waals surface area (Å²) in [6.07, 6.45) is 1.52. The van der Waals surface area contributed by atoms with E-state index in [9.17, 15) is 5.02 Å². The summed E-state index contributed by atoms with van der Waals surface area (Å²) in [5, 5.41) is 9.61. The molecular weight excluding hydrogens is 317 g/mol. The molecule has 1 aliphatic heterocycles. The van der Waals surface area contributed by atoms with Gasteiger partial charge in [0.25, 0.3) is 0 Å². The molecule has 3 rings (SSSR count). The quantitative estimate of drug-likeness (QED) is 0.816. The highest BCUT2D eigenvalue weighted by atomic mass is 16.5. The average Bonchev–Trinajstić information content (AvgIpc) is 3.05. The first kappa shape index (κ1) is 17.8. The molecule has 2 aromatic rings. The summed E-state index contributed by atoms with van der Waals surface area (Å²) in [5.74, 6) is 1.58. The number of aryl methyl sites for hydroxylation is 1. The van der Waals surface area contributed by atoms with Crippen molar-refractivity contribution in [2.24, 2.45) is 0 Å². The molecule has 0 radical (unpaired) electrons. The topological polar surface area (TPSA) is 60.8 Å². The minimum absolute atomic E-state index is 0.128. The molecule has 0 unspecified atom stereocenters. The van der Waals surface area contributed by atoms with Gasteiger partial charge in [0, 0.05) is 23.8 Å². The maximum Gasteiger partial charge on any atom is 0.454 e. The van der Waals surface area contributed by atoms with Crippen LogP contribution in [-0.2, 0) is 4.65 Å². The van der Waals surface area contributed by atoms with E-state index in [1.54, 1.807) is 7.11 Å². The molecule has 2 heterocycles. The van der Waals surface area contributed by atoms with Crippen molar-refractivity contribution in [2.45, 2.75) is 32.5 Å². The highest BCUT2D eigenvalue weighted by Crippen LogP contribution is 2.34. The smallest absolute Gasteiger partial charge is 0.454 e. The Morgan fingerprint density at radius 2 is 2.12 bits per heavy atom. The first-order valence-corrected chi connectivity index (χ1v) is 8.70. The van der Waals surface area contributed by atoms with Gasteiger partial charge in [-0.15, -0.1) is 0 Å². The Bertz CT molecular complexity index is 737. The third kappa shape index (κ3) is 4.14. The number of nitrogens with zero attached hydrogens (tertiary/aromatic N) is 1. The summed E-state index contributed by atoms with van der Waals surface area (Å²) in [6, 6.07) is 9.99. The standard InChI is InChI=1S/C19H24BNO4/c1-4-7-24-19-10-14(5-6-18(19)23-3)16-8-13(2)9-17(21-16)15-11-20(22)25-12-15/h5-6,8-10,15,22H,4,7,11-12H2,1-3H3/t15-/m0/s1. The van der Waals surface area contributed by atoms with Gasteiger partial charge >= 0.3 is 7.12 Å². The second kappa shape index (κ2) is 7.89. The molecule has 1 N–H and O–H groups in total. The van der Waals surface area contributed by atoms with Crippen LogP contribution in [0.1, 0.15) is 30.5 Å². The minimum atomic E-state index is -0.689. The molecular formula is C19H24BNO4. The SMILES string of the molecule is CCCOc1cc(-c2cc(C)cc([C@@H]3COB(O)C3)n2)ccc1OC. The highest BCUT2D eigenvalue weighted by Gasteiger charge is 2.30. The monoisotopic (exact) mass is 341 g/mol. The van der Waals surface area contributed by atoms with E-state index in [0.29, 0.717) is 19.5 Å². The molecule has 1 fully saturated rings. The van der Waals surface area contributed by atoms with E-state index in [1.807, 2.05) is 18.2 Å². The van der Waals surface area contributed by atoms with E-state index in [1.165, 1.54) is 0 Å². The molecule has 6 heteroatoms. The summed E-state index contributed by atoms with van der Waals surface area (Å²) >= 11 is 0. The minimum Gasteiger partial charge on any atom is -0.493 e. The van der Waals surface area contributed by atoms with Gasteiger partial charge in [-0.2, -0.15) is 0 Å². The van der Waals surface area contributed by atoms with E-state index >= 15 is 0 Å². The lowest BCUT2D eigenvalue weighted by Crippen LogP contribution is -2.08. The van der Waals surface area contributed by atoms with Gasteiger partial charge in [0.2, 0.25) is 0 Å². The molecule has 1 aromatic heterocycles. The van der Waals surface area contributed by atoms with Gasteiger partial charge in [-0.1, -0.05) is 6.92 Å². The average molecular weight is 341 g/mol. The fourth-order valence-electron chi connectivity index (χ4n) is 3.02. The van der Waals surface area contributed by atoms with E-state index in [0.717, 1.165) is 40.4 Å². The third-order valence-electron chi connectivity index (χ3n) is 4.30. The summed E-state index contributed by atoms with van der Waals surface area (Å²) in [5.41, 5.74) is 3.96. The van der Waals surface area contributed by atoms with Crippen molar-refractivity contribution in [3.05, 3.63) is 41.6 Å². The summed E-state index contributed by atoms with van der Waals surface area (Å²) in [7, 11) is 0.952. The predicted molar refractivity (Wildman–Crippen MR) is 98.2 cm³/mol. The van der Waals surface area contributed by atoms with Crippen LogP contribution in [0.15, 0.2) is 30.3 Å². The zero-order valence-electron chi connectivity index (χ0n) is 15.0. The molecule has 0 bridgehead atoms. The number of methoxy groups -OCH3 is 1. The Balaban J connectivity index is 1.94. The highest BCUT2D eigenvalue weighted by molar-refractivity contribution is 6.43. The number of hydrogen-bond donors (Lipinski definition) is 1. The number of ether oxygens (including phenoxy) is 2. The van der Waals surface area contributed by atoms with Crippen molar-refractivity contribution >= 4 is 7.12 Å². The first-order valence-electron chi connectivity index (χ1n) is 8.70. The Hall–Kier alpha value is -2.05. The van der Waals surface area contributed by atoms with Crippen LogP contribution in [0.5, 0.6) is 11.5 Å². The largest absolute Gasteiger partial charge is 0.493 e. The Labute approximate surface area is 149 Å². The number of rotatable bonds is 6. The van der Waals surface area contributed by atoms with Crippen LogP contribution < -0.4 is 9.47 Å². The lowest BCUT2D eigenvalue weighted by atomic mass is 9.81. The van der Waals surface area contributed by atoms with Gasteiger partial charge in [-0.05, 0) is 55.6 Å². The summed E-state index contributed by atoms with van der Waals surface area (Å²) < 4.78 is 16.5. The predicted octanol–water partition coefficient (Wildman–Crippen LogP) is 3.45. The fraction of sp³-hybridized carbons (Fsp3) is 0.421. The van der Waals surface area contributed by atoms with Crippen molar-refractivity contribution in [1.82, 2.24) is 4.98 Å². The van der Waals surface area contributed by atoms with E-state index in [-0.39, 0.29) is 5.92 Å². The molecule has 0 aliphatic carbocycles. The first-order chi connectivity index (χ1) is 12.1. The number of aromatic nitrogens is 1. The summed E-state index contributed by atoms with van der Waals surface area (Å²) in [6.45, 7) is 5.27. The van der Waals surface area contributed by atoms with Crippen molar-refractivity contribution in [2.75, 3.05) is 20.3 Å². The maximum absolute atomic E-state index is 9.61. The van der Waals surface area contributed by atoms with Crippen molar-refractivity contribution < 1.29 is 19.2 Å². The number of pyridine rings is 1. The molecule has 25 heavy (non-hydrogen) atoms. The molecule has 1 aromatic carbocycles. The van der Waals surface area contributed by atoms with Gasteiger partial charge in [-0.25, -0.2) is 0 Å². The Morgan fingerprint density at radius 3 is 2.80 bits per heavy atom. The van der Waals surface area contributed by atoms with Crippen LogP contribution >= 0.6 is 0 Å². The zero-order valence-corrected chi connectivity index (χ0v) is 15.0.